The lowest BCUT2D eigenvalue weighted by Gasteiger charge is -2.45. The number of likely N-dealkylation sites (tertiary alicyclic amines) is 1. The summed E-state index contributed by atoms with van der Waals surface area (Å²) >= 11 is 0. The fraction of sp³-hybridized carbons (Fsp3) is 0.441. The molecule has 1 saturated carbocycles. The van der Waals surface area contributed by atoms with E-state index in [0.29, 0.717) is 30.9 Å². The summed E-state index contributed by atoms with van der Waals surface area (Å²) in [6, 6.07) is 16.4. The zero-order valence-corrected chi connectivity index (χ0v) is 24.3. The van der Waals surface area contributed by atoms with Gasteiger partial charge in [-0.15, -0.1) is 0 Å². The van der Waals surface area contributed by atoms with Crippen LogP contribution in [0.15, 0.2) is 72.8 Å². The smallest absolute Gasteiger partial charge is 0.349 e. The van der Waals surface area contributed by atoms with E-state index in [1.807, 2.05) is 42.5 Å². The van der Waals surface area contributed by atoms with E-state index in [2.05, 4.69) is 10.2 Å². The average molecular weight is 621 g/mol. The maximum Gasteiger partial charge on any atom is 0.416 e. The van der Waals surface area contributed by atoms with Gasteiger partial charge in [-0.3, -0.25) is 4.79 Å². The second-order valence-electron chi connectivity index (χ2n) is 12.1. The van der Waals surface area contributed by atoms with Crippen LogP contribution in [-0.4, -0.2) is 29.9 Å². The molecule has 1 N–H and O–H groups in total. The van der Waals surface area contributed by atoms with Gasteiger partial charge in [0.25, 0.3) is 0 Å². The zero-order chi connectivity index (χ0) is 31.7. The summed E-state index contributed by atoms with van der Waals surface area (Å²) in [6.45, 7) is 3.17. The van der Waals surface area contributed by atoms with E-state index in [1.165, 1.54) is 19.1 Å². The van der Waals surface area contributed by atoms with Gasteiger partial charge in [-0.1, -0.05) is 42.5 Å². The number of benzene rings is 3. The Kier molecular flexibility index (Phi) is 9.12. The second-order valence-corrected chi connectivity index (χ2v) is 12.1. The fourth-order valence-corrected chi connectivity index (χ4v) is 6.84. The van der Waals surface area contributed by atoms with Crippen LogP contribution in [0.25, 0.3) is 0 Å². The van der Waals surface area contributed by atoms with Crippen LogP contribution in [0, 0.1) is 5.82 Å². The third-order valence-electron chi connectivity index (χ3n) is 9.41. The Morgan fingerprint density at radius 2 is 1.36 bits per heavy atom. The number of hydrogen-bond donors (Lipinski definition) is 1. The van der Waals surface area contributed by atoms with Gasteiger partial charge < -0.3 is 10.2 Å². The first-order valence-electron chi connectivity index (χ1n) is 14.9. The van der Waals surface area contributed by atoms with Crippen molar-refractivity contribution in [1.29, 1.82) is 0 Å². The molecule has 0 aromatic heterocycles. The largest absolute Gasteiger partial charge is 0.416 e. The molecule has 1 amide bonds. The third-order valence-corrected chi connectivity index (χ3v) is 9.41. The number of carbonyl (C=O) groups is 1. The molecule has 44 heavy (non-hydrogen) atoms. The summed E-state index contributed by atoms with van der Waals surface area (Å²) in [4.78, 5) is 16.4. The van der Waals surface area contributed by atoms with Crippen molar-refractivity contribution >= 4 is 5.91 Å². The van der Waals surface area contributed by atoms with Crippen molar-refractivity contribution in [2.24, 2.45) is 0 Å². The van der Waals surface area contributed by atoms with E-state index in [4.69, 9.17) is 0 Å². The maximum absolute atomic E-state index is 14.0. The second kappa shape index (κ2) is 12.5. The molecule has 1 aliphatic heterocycles. The van der Waals surface area contributed by atoms with Crippen LogP contribution in [-0.2, 0) is 22.6 Å². The molecule has 1 unspecified atom stereocenters. The predicted molar refractivity (Wildman–Crippen MR) is 153 cm³/mol. The summed E-state index contributed by atoms with van der Waals surface area (Å²) in [6.07, 6.45) is -5.63. The summed E-state index contributed by atoms with van der Waals surface area (Å²) in [5.74, 6) is -0.301. The topological polar surface area (TPSA) is 32.3 Å². The van der Waals surface area contributed by atoms with Crippen molar-refractivity contribution in [3.05, 3.63) is 106 Å². The summed E-state index contributed by atoms with van der Waals surface area (Å²) in [5, 5.41) is 2.77. The number of nitrogens with one attached hydrogen (secondary N) is 1. The van der Waals surface area contributed by atoms with Gasteiger partial charge in [0.1, 0.15) is 5.82 Å². The number of halogens is 7. The van der Waals surface area contributed by atoms with Crippen LogP contribution in [0.4, 0.5) is 30.7 Å². The third kappa shape index (κ3) is 6.95. The number of amides is 1. The minimum absolute atomic E-state index is 0.0905. The van der Waals surface area contributed by atoms with Crippen molar-refractivity contribution in [3.8, 4) is 0 Å². The minimum Gasteiger partial charge on any atom is -0.349 e. The number of alkyl halides is 6. The lowest BCUT2D eigenvalue weighted by Crippen LogP contribution is -2.51. The average Bonchev–Trinajstić information content (AvgIpc) is 3.01. The van der Waals surface area contributed by atoms with E-state index < -0.39 is 40.8 Å². The molecule has 10 heteroatoms. The first-order chi connectivity index (χ1) is 20.8. The van der Waals surface area contributed by atoms with Gasteiger partial charge in [-0.05, 0) is 111 Å². The number of carbonyl (C=O) groups excluding carboxylic acids is 1. The minimum atomic E-state index is -4.98. The van der Waals surface area contributed by atoms with Crippen LogP contribution in [0.1, 0.15) is 85.2 Å². The van der Waals surface area contributed by atoms with Crippen LogP contribution < -0.4 is 5.32 Å². The molecule has 5 rings (SSSR count). The first kappa shape index (κ1) is 32.0. The van der Waals surface area contributed by atoms with E-state index in [0.717, 1.165) is 49.9 Å². The molecule has 2 fully saturated rings. The van der Waals surface area contributed by atoms with Crippen LogP contribution in [0.2, 0.25) is 0 Å². The van der Waals surface area contributed by atoms with E-state index in [1.54, 1.807) is 0 Å². The SMILES string of the molecule is CC(NC(=O)[C@]1(c2ccccc2)CC[C@H](N2CCC(c3ccc(F)cc3)CC2)CC1)c1cc(C(F)(F)F)cc(C(F)(F)F)c1. The van der Waals surface area contributed by atoms with Crippen LogP contribution in [0.3, 0.4) is 0 Å². The van der Waals surface area contributed by atoms with Crippen molar-refractivity contribution in [2.45, 2.75) is 81.2 Å². The van der Waals surface area contributed by atoms with Crippen molar-refractivity contribution in [1.82, 2.24) is 10.2 Å². The molecular weight excluding hydrogens is 585 g/mol. The molecule has 3 aromatic carbocycles. The highest BCUT2D eigenvalue weighted by Gasteiger charge is 2.45. The van der Waals surface area contributed by atoms with Gasteiger partial charge >= 0.3 is 12.4 Å². The summed E-state index contributed by atoms with van der Waals surface area (Å²) < 4.78 is 94.2. The van der Waals surface area contributed by atoms with E-state index in [9.17, 15) is 35.5 Å². The quantitative estimate of drug-likeness (QED) is 0.280. The molecule has 1 heterocycles. The van der Waals surface area contributed by atoms with Gasteiger partial charge in [0.2, 0.25) is 5.91 Å². The molecule has 1 aliphatic carbocycles. The molecular formula is C34H35F7N2O. The lowest BCUT2D eigenvalue weighted by molar-refractivity contribution is -0.143. The van der Waals surface area contributed by atoms with Crippen molar-refractivity contribution < 1.29 is 35.5 Å². The zero-order valence-electron chi connectivity index (χ0n) is 24.3. The Morgan fingerprint density at radius 1 is 0.818 bits per heavy atom. The molecule has 1 atom stereocenters. The van der Waals surface area contributed by atoms with Crippen LogP contribution >= 0.6 is 0 Å². The van der Waals surface area contributed by atoms with E-state index in [-0.39, 0.29) is 23.5 Å². The fourth-order valence-electron chi connectivity index (χ4n) is 6.84. The highest BCUT2D eigenvalue weighted by atomic mass is 19.4. The highest BCUT2D eigenvalue weighted by Crippen LogP contribution is 2.43. The maximum atomic E-state index is 14.0. The number of nitrogens with zero attached hydrogens (tertiary/aromatic N) is 1. The lowest BCUT2D eigenvalue weighted by atomic mass is 9.67. The first-order valence-corrected chi connectivity index (χ1v) is 14.9. The Hall–Kier alpha value is -3.40. The normalized spacial score (nSPS) is 22.9. The monoisotopic (exact) mass is 620 g/mol. The number of hydrogen-bond acceptors (Lipinski definition) is 2. The van der Waals surface area contributed by atoms with Gasteiger partial charge in [0, 0.05) is 6.04 Å². The Bertz CT molecular complexity index is 1390. The Labute approximate surface area is 252 Å². The van der Waals surface area contributed by atoms with Gasteiger partial charge in [-0.25, -0.2) is 4.39 Å². The molecule has 2 aliphatic rings. The van der Waals surface area contributed by atoms with Gasteiger partial charge in [0.05, 0.1) is 22.6 Å². The summed E-state index contributed by atoms with van der Waals surface area (Å²) in [5.41, 5.74) is -2.14. The standard InChI is InChI=1S/C34H35F7N2O/c1-22(25-19-27(33(36,37)38)21-28(20-25)34(39,40)41)42-31(44)32(26-5-3-2-4-6-26)15-11-30(12-16-32)43-17-13-24(14-18-43)23-7-9-29(35)10-8-23/h2-10,19-22,24,30H,11-18H2,1H3,(H,42,44)/t22?,30-,32+. The molecule has 3 aromatic rings. The molecule has 3 nitrogen and oxygen atoms in total. The molecule has 0 radical (unpaired) electrons. The van der Waals surface area contributed by atoms with E-state index >= 15 is 0 Å². The van der Waals surface area contributed by atoms with Gasteiger partial charge in [-0.2, -0.15) is 26.3 Å². The summed E-state index contributed by atoms with van der Waals surface area (Å²) in [7, 11) is 0. The Balaban J connectivity index is 1.31. The predicted octanol–water partition coefficient (Wildman–Crippen LogP) is 8.80. The molecule has 236 valence electrons. The molecule has 0 spiro atoms. The molecule has 1 saturated heterocycles. The number of rotatable bonds is 6. The van der Waals surface area contributed by atoms with Crippen LogP contribution in [0.5, 0.6) is 0 Å². The molecule has 0 bridgehead atoms. The van der Waals surface area contributed by atoms with Gasteiger partial charge in [0.15, 0.2) is 0 Å². The van der Waals surface area contributed by atoms with Crippen molar-refractivity contribution in [3.63, 3.8) is 0 Å². The van der Waals surface area contributed by atoms with Crippen molar-refractivity contribution in [2.75, 3.05) is 13.1 Å². The Morgan fingerprint density at radius 3 is 1.89 bits per heavy atom. The number of piperidine rings is 1. The highest BCUT2D eigenvalue weighted by molar-refractivity contribution is 5.88.